The van der Waals surface area contributed by atoms with Gasteiger partial charge in [0.1, 0.15) is 213 Å². The van der Waals surface area contributed by atoms with Crippen molar-refractivity contribution in [3.63, 3.8) is 0 Å². The van der Waals surface area contributed by atoms with Crippen LogP contribution < -0.4 is 16.0 Å². The highest BCUT2D eigenvalue weighted by Crippen LogP contribution is 2.40. The van der Waals surface area contributed by atoms with E-state index < -0.39 is 347 Å². The molecule has 0 saturated carbocycles. The standard InChI is InChI=1S/C60H101N3O45/c1-13-28(74)36(82)39(85)55(93-13)105-48-27(63-16(4)73)53(99-23(11-70)47(48)104-59-43(89)50(32(78)20(8-67)98-59)108-57-41(87)38(84)30(76)18(6-65)96-57)92-12-24-33(79)51(44(90)60(101-24)102-45-21(9-68)94-52(91)25(34(45)80)61-14(2)71)106-54-26(62-15(3)72)35(81)46(22(10-69)100-54)103-58-42(88)49(31(77)19(7-66)97-58)107-56-40(86)37(83)29(75)17(5-64)95-56/h13,17-60,64-70,74-91H,5-12H2,1-4H3,(H,61,71)(H,62,72)(H,63,73)/t13-,17+,18+,19+,20+,21+,22+,23+,24+,25+,26+,27+,28+,29-,30-,31-,32-,33-,34+,35+,36+,37-,38-,39-,40+,41+,42+,43+,44+,45+,46+,47+,48+,49-,50-,51-,52?,53+,54-,55-,56+,57+,58-,59-,60-/m0/s1. The van der Waals surface area contributed by atoms with E-state index in [9.17, 15) is 142 Å². The molecule has 45 atom stereocenters. The monoisotopic (exact) mass is 1580 g/mol. The zero-order valence-electron chi connectivity index (χ0n) is 58.0. The van der Waals surface area contributed by atoms with Gasteiger partial charge in [-0.15, -0.1) is 0 Å². The Morgan fingerprint density at radius 3 is 0.972 bits per heavy atom. The molecule has 0 radical (unpaired) electrons. The van der Waals surface area contributed by atoms with Crippen LogP contribution in [0.2, 0.25) is 0 Å². The Hall–Kier alpha value is -3.27. The first-order chi connectivity index (χ1) is 51.1. The predicted molar refractivity (Wildman–Crippen MR) is 330 cm³/mol. The van der Waals surface area contributed by atoms with Crippen molar-refractivity contribution in [2.75, 3.05) is 52.9 Å². The Labute approximate surface area is 611 Å². The zero-order valence-corrected chi connectivity index (χ0v) is 58.0. The van der Waals surface area contributed by atoms with E-state index in [4.69, 9.17) is 80.5 Å². The van der Waals surface area contributed by atoms with E-state index in [-0.39, 0.29) is 0 Å². The highest BCUT2D eigenvalue weighted by Gasteiger charge is 2.61. The van der Waals surface area contributed by atoms with Gasteiger partial charge in [-0.2, -0.15) is 0 Å². The third-order valence-corrected chi connectivity index (χ3v) is 19.9. The zero-order chi connectivity index (χ0) is 79.5. The van der Waals surface area contributed by atoms with Gasteiger partial charge < -0.3 is 224 Å². The Balaban J connectivity index is 1.03. The molecular weight excluding hydrogens is 1480 g/mol. The lowest BCUT2D eigenvalue weighted by atomic mass is 9.93. The van der Waals surface area contributed by atoms with Crippen molar-refractivity contribution in [2.45, 2.75) is 304 Å². The number of nitrogens with one attached hydrogen (secondary N) is 3. The molecule has 626 valence electrons. The predicted octanol–water partition coefficient (Wildman–Crippen LogP) is -19.2. The molecule has 0 aliphatic carbocycles. The number of amides is 3. The van der Waals surface area contributed by atoms with Crippen LogP contribution >= 0.6 is 0 Å². The SMILES string of the molecule is CC(=O)N[C@H]1[C@H](O[C@H]2[C@@H](O)[C@@H](CO[C@@H]3O[C@H](CO)[C@@H](O[C@@H]4O[C@H](CO)[C@H](O)[C@H](O[C@H]5O[C@H](CO)[C@H](O)[C@H](O)[C@H]5O)[C@H]4O)[C@H](O[C@@H]4O[C@@H](C)[C@@H](O)[C@@H](O)[C@@H]4O)[C@H]3NC(C)=O)O[C@@H](O[C@H]3[C@H](O)[C@@H](NC(C)=O)C(O)O[C@@H]3CO)[C@@H]2O)O[C@H](CO)[C@@H](O[C@@H]2O[C@H](CO)[C@H](O)[C@H](O[C@H]3O[C@H](CO)[C@H](O)[C@H](O)[C@H]3O)[C@H]2O)[C@@H]1O. The van der Waals surface area contributed by atoms with Crippen molar-refractivity contribution in [3.8, 4) is 0 Å². The van der Waals surface area contributed by atoms with Crippen molar-refractivity contribution in [2.24, 2.45) is 0 Å². The highest BCUT2D eigenvalue weighted by atomic mass is 16.8. The Morgan fingerprint density at radius 1 is 0.259 bits per heavy atom. The number of rotatable bonds is 27. The molecule has 48 heteroatoms. The van der Waals surface area contributed by atoms with Crippen LogP contribution in [-0.4, -0.2) is 474 Å². The van der Waals surface area contributed by atoms with E-state index in [1.54, 1.807) is 0 Å². The van der Waals surface area contributed by atoms with Crippen LogP contribution in [0, 0.1) is 0 Å². The van der Waals surface area contributed by atoms with Gasteiger partial charge in [-0.05, 0) is 6.92 Å². The summed E-state index contributed by atoms with van der Waals surface area (Å²) in [5.74, 6) is -2.79. The van der Waals surface area contributed by atoms with Crippen molar-refractivity contribution in [1.82, 2.24) is 16.0 Å². The smallest absolute Gasteiger partial charge is 0.217 e. The lowest BCUT2D eigenvalue weighted by Gasteiger charge is -2.51. The molecule has 0 aromatic carbocycles. The van der Waals surface area contributed by atoms with Crippen LogP contribution in [0.25, 0.3) is 0 Å². The molecule has 1 unspecified atom stereocenters. The Kier molecular flexibility index (Phi) is 31.6. The van der Waals surface area contributed by atoms with Crippen LogP contribution in [0.5, 0.6) is 0 Å². The minimum Gasteiger partial charge on any atom is -0.394 e. The van der Waals surface area contributed by atoms with Gasteiger partial charge in [0.15, 0.2) is 56.6 Å². The highest BCUT2D eigenvalue weighted by molar-refractivity contribution is 5.74. The second-order valence-corrected chi connectivity index (χ2v) is 27.4. The third-order valence-electron chi connectivity index (χ3n) is 19.9. The average molecular weight is 1580 g/mol. The number of aliphatic hydroxyl groups is 25. The van der Waals surface area contributed by atoms with E-state index in [0.717, 1.165) is 20.8 Å². The van der Waals surface area contributed by atoms with Crippen molar-refractivity contribution in [3.05, 3.63) is 0 Å². The van der Waals surface area contributed by atoms with Crippen LogP contribution in [0.1, 0.15) is 27.7 Å². The summed E-state index contributed by atoms with van der Waals surface area (Å²) in [4.78, 5) is 38.9. The van der Waals surface area contributed by atoms with Gasteiger partial charge in [-0.1, -0.05) is 0 Å². The van der Waals surface area contributed by atoms with E-state index in [0.29, 0.717) is 0 Å². The number of hydrogen-bond acceptors (Lipinski definition) is 45. The van der Waals surface area contributed by atoms with Crippen LogP contribution in [0.3, 0.4) is 0 Å². The number of hydrogen-bond donors (Lipinski definition) is 28. The summed E-state index contributed by atoms with van der Waals surface area (Å²) < 4.78 is 100. The van der Waals surface area contributed by atoms with Crippen molar-refractivity contribution < 1.29 is 223 Å². The molecule has 9 fully saturated rings. The summed E-state index contributed by atoms with van der Waals surface area (Å²) in [6.45, 7) is -4.55. The normalized spacial score (nSPS) is 50.4. The molecule has 0 aromatic rings. The molecule has 9 saturated heterocycles. The van der Waals surface area contributed by atoms with Crippen LogP contribution in [0.4, 0.5) is 0 Å². The quantitative estimate of drug-likeness (QED) is 0.0363. The van der Waals surface area contributed by atoms with Crippen LogP contribution in [0.15, 0.2) is 0 Å². The summed E-state index contributed by atoms with van der Waals surface area (Å²) in [6, 6.07) is -5.70. The number of carbonyl (C=O) groups is 3. The molecule has 9 heterocycles. The summed E-state index contributed by atoms with van der Waals surface area (Å²) in [5, 5.41) is 282. The minimum absolute atomic E-state index is 0.836. The van der Waals surface area contributed by atoms with Gasteiger partial charge in [0.05, 0.1) is 59.0 Å². The molecule has 48 nitrogen and oxygen atoms in total. The summed E-state index contributed by atoms with van der Waals surface area (Å²) >= 11 is 0. The fourth-order valence-electron chi connectivity index (χ4n) is 14.0. The van der Waals surface area contributed by atoms with E-state index in [1.165, 1.54) is 6.92 Å². The average Bonchev–Trinajstić information content (AvgIpc) is 0.769. The topological polar surface area (TPSA) is 750 Å². The van der Waals surface area contributed by atoms with Crippen molar-refractivity contribution >= 4 is 17.7 Å². The molecule has 0 aromatic heterocycles. The molecule has 108 heavy (non-hydrogen) atoms. The van der Waals surface area contributed by atoms with E-state index in [1.807, 2.05) is 0 Å². The Morgan fingerprint density at radius 2 is 0.546 bits per heavy atom. The second-order valence-electron chi connectivity index (χ2n) is 27.4. The summed E-state index contributed by atoms with van der Waals surface area (Å²) in [6.07, 6.45) is -85.4. The molecule has 3 amide bonds. The molecule has 0 bridgehead atoms. The van der Waals surface area contributed by atoms with E-state index in [2.05, 4.69) is 16.0 Å². The number of aliphatic hydroxyl groups excluding tert-OH is 25. The summed E-state index contributed by atoms with van der Waals surface area (Å²) in [5.41, 5.74) is 0. The molecule has 28 N–H and O–H groups in total. The lowest BCUT2D eigenvalue weighted by Crippen LogP contribution is -2.71. The lowest BCUT2D eigenvalue weighted by molar-refractivity contribution is -0.392. The van der Waals surface area contributed by atoms with Gasteiger partial charge in [-0.3, -0.25) is 14.4 Å². The van der Waals surface area contributed by atoms with Gasteiger partial charge in [0, 0.05) is 20.8 Å². The van der Waals surface area contributed by atoms with Gasteiger partial charge >= 0.3 is 0 Å². The minimum atomic E-state index is -2.45. The van der Waals surface area contributed by atoms with Gasteiger partial charge in [0.25, 0.3) is 0 Å². The van der Waals surface area contributed by atoms with Gasteiger partial charge in [0.2, 0.25) is 17.7 Å². The largest absolute Gasteiger partial charge is 0.394 e. The number of carbonyl (C=O) groups excluding carboxylic acids is 3. The molecule has 9 rings (SSSR count). The van der Waals surface area contributed by atoms with Crippen molar-refractivity contribution in [1.29, 1.82) is 0 Å². The molecule has 9 aliphatic rings. The van der Waals surface area contributed by atoms with Gasteiger partial charge in [-0.25, -0.2) is 0 Å². The first kappa shape index (κ1) is 88.7. The first-order valence-corrected chi connectivity index (χ1v) is 34.5. The summed E-state index contributed by atoms with van der Waals surface area (Å²) in [7, 11) is 0. The maximum absolute atomic E-state index is 13.5. The molecule has 0 spiro atoms. The van der Waals surface area contributed by atoms with Crippen LogP contribution in [-0.2, 0) is 94.9 Å². The second kappa shape index (κ2) is 38.5. The third kappa shape index (κ3) is 19.1. The number of ether oxygens (including phenoxy) is 17. The van der Waals surface area contributed by atoms with E-state index >= 15 is 0 Å². The fraction of sp³-hybridized carbons (Fsp3) is 0.950. The molecule has 9 aliphatic heterocycles. The maximum atomic E-state index is 13.5. The maximum Gasteiger partial charge on any atom is 0.217 e. The Bertz CT molecular complexity index is 2820. The fourth-order valence-corrected chi connectivity index (χ4v) is 14.0. The first-order valence-electron chi connectivity index (χ1n) is 34.5. The molecular formula is C60H101N3O45.